The van der Waals surface area contributed by atoms with Crippen LogP contribution in [0, 0.1) is 0 Å². The molecule has 0 amide bonds. The quantitative estimate of drug-likeness (QED) is 0.116. The fourth-order valence-electron chi connectivity index (χ4n) is 2.73. The van der Waals surface area contributed by atoms with Crippen molar-refractivity contribution in [3.05, 3.63) is 29.8 Å². The maximum Gasteiger partial charge on any atom is 0.460 e. The second-order valence-electron chi connectivity index (χ2n) is 8.26. The third-order valence-corrected chi connectivity index (χ3v) is 5.29. The van der Waals surface area contributed by atoms with Crippen LogP contribution < -0.4 is 4.74 Å². The monoisotopic (exact) mass is 640 g/mol. The van der Waals surface area contributed by atoms with Crippen molar-refractivity contribution >= 4 is 5.97 Å². The highest BCUT2D eigenvalue weighted by Crippen LogP contribution is 2.64. The van der Waals surface area contributed by atoms with Gasteiger partial charge in [-0.25, -0.2) is 4.79 Å². The number of benzene rings is 1. The van der Waals surface area contributed by atoms with E-state index in [1.54, 1.807) is 6.92 Å². The summed E-state index contributed by atoms with van der Waals surface area (Å²) in [6, 6.07) is 3.56. The number of rotatable bonds is 14. The average molecular weight is 640 g/mol. The molecule has 0 aliphatic rings. The van der Waals surface area contributed by atoms with E-state index in [1.807, 2.05) is 0 Å². The Balaban J connectivity index is 3.15. The normalized spacial score (nSPS) is 14.7. The van der Waals surface area contributed by atoms with Gasteiger partial charge in [0.1, 0.15) is 5.75 Å². The Bertz CT molecular complexity index is 1030. The number of hydrogen-bond donors (Lipinski definition) is 0. The lowest BCUT2D eigenvalue weighted by Gasteiger charge is -2.42. The Hall–Kier alpha value is -2.70. The van der Waals surface area contributed by atoms with E-state index in [2.05, 4.69) is 4.74 Å². The van der Waals surface area contributed by atoms with Gasteiger partial charge in [0.05, 0.1) is 25.2 Å². The lowest BCUT2D eigenvalue weighted by molar-refractivity contribution is -0.461. The van der Waals surface area contributed by atoms with E-state index in [1.165, 1.54) is 0 Å². The van der Waals surface area contributed by atoms with Crippen molar-refractivity contribution in [2.24, 2.45) is 0 Å². The van der Waals surface area contributed by atoms with Crippen LogP contribution in [0.4, 0.5) is 74.6 Å². The van der Waals surface area contributed by atoms with Gasteiger partial charge in [-0.1, -0.05) is 13.3 Å². The van der Waals surface area contributed by atoms with Gasteiger partial charge in [-0.15, -0.1) is 0 Å². The molecule has 0 bridgehead atoms. The van der Waals surface area contributed by atoms with Gasteiger partial charge in [0, 0.05) is 0 Å². The molecule has 0 radical (unpaired) electrons. The third-order valence-electron chi connectivity index (χ3n) is 5.29. The minimum Gasteiger partial charge on any atom is -0.493 e. The summed E-state index contributed by atoms with van der Waals surface area (Å²) in [6.45, 7) is 0.0117. The molecule has 3 nitrogen and oxygen atoms in total. The Morgan fingerprint density at radius 2 is 1.02 bits per heavy atom. The standard InChI is InChI=1S/C21H17F17O3/c1-2-3-9-41-13(39)11-4-6-12(7-5-11)40-10-8-14(22,23)15(24,25)16(26,27)17(28,29)18(30,31)19(32,33)20(34,35)21(36,37)38/h4-7H,2-3,8-10H2,1H3. The van der Waals surface area contributed by atoms with Crippen LogP contribution in [0.15, 0.2) is 24.3 Å². The fourth-order valence-corrected chi connectivity index (χ4v) is 2.73. The minimum absolute atomic E-state index is 0.0227. The molecule has 1 rings (SSSR count). The van der Waals surface area contributed by atoms with E-state index in [9.17, 15) is 79.4 Å². The van der Waals surface area contributed by atoms with Crippen molar-refractivity contribution in [3.8, 4) is 5.75 Å². The van der Waals surface area contributed by atoms with E-state index >= 15 is 0 Å². The van der Waals surface area contributed by atoms with Crippen LogP contribution in [0.25, 0.3) is 0 Å². The SMILES string of the molecule is CCCCOC(=O)c1ccc(OCCC(F)(F)C(F)(F)C(F)(F)C(F)(F)C(F)(F)C(F)(F)C(F)(F)C(F)(F)F)cc1. The Morgan fingerprint density at radius 3 is 1.44 bits per heavy atom. The summed E-state index contributed by atoms with van der Waals surface area (Å²) >= 11 is 0. The van der Waals surface area contributed by atoms with Crippen molar-refractivity contribution in [2.45, 2.75) is 73.8 Å². The first kappa shape index (κ1) is 36.3. The zero-order valence-electron chi connectivity index (χ0n) is 20.0. The predicted molar refractivity (Wildman–Crippen MR) is 102 cm³/mol. The summed E-state index contributed by atoms with van der Waals surface area (Å²) in [7, 11) is 0. The first-order valence-electron chi connectivity index (χ1n) is 10.8. The van der Waals surface area contributed by atoms with Gasteiger partial charge in [-0.05, 0) is 30.7 Å². The highest BCUT2D eigenvalue weighted by molar-refractivity contribution is 5.89. The van der Waals surface area contributed by atoms with Crippen molar-refractivity contribution in [2.75, 3.05) is 13.2 Å². The number of unbranched alkanes of at least 4 members (excludes halogenated alkanes) is 1. The van der Waals surface area contributed by atoms with Crippen LogP contribution in [0.1, 0.15) is 36.5 Å². The van der Waals surface area contributed by atoms with Crippen molar-refractivity contribution in [1.29, 1.82) is 0 Å². The number of carbonyl (C=O) groups excluding carboxylic acids is 1. The van der Waals surface area contributed by atoms with Gasteiger partial charge in [-0.2, -0.15) is 74.6 Å². The molecular formula is C21H17F17O3. The van der Waals surface area contributed by atoms with E-state index in [0.717, 1.165) is 24.3 Å². The lowest BCUT2D eigenvalue weighted by Crippen LogP contribution is -2.74. The molecule has 1 aromatic carbocycles. The molecule has 0 unspecified atom stereocenters. The largest absolute Gasteiger partial charge is 0.493 e. The first-order chi connectivity index (χ1) is 18.2. The van der Waals surface area contributed by atoms with Gasteiger partial charge >= 0.3 is 53.6 Å². The summed E-state index contributed by atoms with van der Waals surface area (Å²) < 4.78 is 235. The number of alkyl halides is 17. The number of ether oxygens (including phenoxy) is 2. The summed E-state index contributed by atoms with van der Waals surface area (Å²) in [4.78, 5) is 11.7. The van der Waals surface area contributed by atoms with Crippen LogP contribution in [-0.2, 0) is 4.74 Å². The molecule has 0 saturated heterocycles. The zero-order valence-corrected chi connectivity index (χ0v) is 20.0. The van der Waals surface area contributed by atoms with E-state index < -0.39 is 72.4 Å². The minimum atomic E-state index is -8.67. The molecule has 238 valence electrons. The van der Waals surface area contributed by atoms with Gasteiger partial charge < -0.3 is 9.47 Å². The van der Waals surface area contributed by atoms with Gasteiger partial charge in [0.25, 0.3) is 0 Å². The number of halogens is 17. The summed E-state index contributed by atoms with van der Waals surface area (Å²) in [5.74, 6) is -58.1. The summed E-state index contributed by atoms with van der Waals surface area (Å²) in [5, 5.41) is 0. The molecular weight excluding hydrogens is 623 g/mol. The Labute approximate surface area is 218 Å². The van der Waals surface area contributed by atoms with Crippen molar-refractivity contribution in [3.63, 3.8) is 0 Å². The molecule has 0 spiro atoms. The zero-order chi connectivity index (χ0) is 32.5. The first-order valence-corrected chi connectivity index (χ1v) is 10.8. The molecule has 20 heteroatoms. The summed E-state index contributed by atoms with van der Waals surface area (Å²) in [5.41, 5.74) is -0.138. The fraction of sp³-hybridized carbons (Fsp3) is 0.667. The van der Waals surface area contributed by atoms with Crippen molar-refractivity contribution in [1.82, 2.24) is 0 Å². The average Bonchev–Trinajstić information content (AvgIpc) is 2.83. The summed E-state index contributed by atoms with van der Waals surface area (Å²) in [6.07, 6.45) is -9.37. The molecule has 0 N–H and O–H groups in total. The molecule has 0 saturated carbocycles. The third kappa shape index (κ3) is 6.24. The van der Waals surface area contributed by atoms with Gasteiger partial charge in [0.15, 0.2) is 0 Å². The highest BCUT2D eigenvalue weighted by Gasteiger charge is 2.95. The number of hydrogen-bond acceptors (Lipinski definition) is 3. The van der Waals surface area contributed by atoms with Crippen LogP contribution in [0.5, 0.6) is 5.75 Å². The second kappa shape index (κ2) is 11.5. The molecule has 0 atom stereocenters. The predicted octanol–water partition coefficient (Wildman–Crippen LogP) is 8.42. The lowest BCUT2D eigenvalue weighted by atomic mass is 9.88. The Morgan fingerprint density at radius 1 is 0.610 bits per heavy atom. The van der Waals surface area contributed by atoms with Crippen LogP contribution in [-0.4, -0.2) is 66.8 Å². The van der Waals surface area contributed by atoms with Gasteiger partial charge in [0.2, 0.25) is 0 Å². The van der Waals surface area contributed by atoms with E-state index in [-0.39, 0.29) is 12.2 Å². The van der Waals surface area contributed by atoms with Crippen LogP contribution >= 0.6 is 0 Å². The molecule has 1 aromatic rings. The van der Waals surface area contributed by atoms with Crippen molar-refractivity contribution < 1.29 is 88.9 Å². The maximum absolute atomic E-state index is 13.9. The molecule has 0 aromatic heterocycles. The van der Waals surface area contributed by atoms with E-state index in [0.29, 0.717) is 12.8 Å². The number of esters is 1. The smallest absolute Gasteiger partial charge is 0.460 e. The maximum atomic E-state index is 13.9. The second-order valence-corrected chi connectivity index (χ2v) is 8.26. The number of carbonyl (C=O) groups is 1. The molecule has 0 fully saturated rings. The molecule has 41 heavy (non-hydrogen) atoms. The molecule has 0 aliphatic heterocycles. The van der Waals surface area contributed by atoms with Crippen LogP contribution in [0.3, 0.4) is 0 Å². The highest BCUT2D eigenvalue weighted by atomic mass is 19.4. The van der Waals surface area contributed by atoms with E-state index in [4.69, 9.17) is 4.74 Å². The molecule has 0 aliphatic carbocycles. The topological polar surface area (TPSA) is 35.5 Å². The van der Waals surface area contributed by atoms with Gasteiger partial charge in [-0.3, -0.25) is 0 Å². The van der Waals surface area contributed by atoms with Crippen LogP contribution in [0.2, 0.25) is 0 Å². The Kier molecular flexibility index (Phi) is 10.2. The molecule has 0 heterocycles.